The van der Waals surface area contributed by atoms with E-state index in [0.29, 0.717) is 25.3 Å². The first-order valence-corrected chi connectivity index (χ1v) is 5.98. The number of nitro groups is 1. The van der Waals surface area contributed by atoms with Gasteiger partial charge in [-0.25, -0.2) is 0 Å². The molecule has 104 valence electrons. The molecule has 7 heteroatoms. The van der Waals surface area contributed by atoms with Gasteiger partial charge in [0.1, 0.15) is 11.4 Å². The molecule has 1 rings (SSSR count). The van der Waals surface area contributed by atoms with Crippen molar-refractivity contribution in [1.82, 2.24) is 0 Å². The van der Waals surface area contributed by atoms with Crippen molar-refractivity contribution in [1.29, 1.82) is 0 Å². The van der Waals surface area contributed by atoms with Crippen LogP contribution in [-0.2, 0) is 9.53 Å². The summed E-state index contributed by atoms with van der Waals surface area (Å²) in [5, 5.41) is 13.8. The highest BCUT2D eigenvalue weighted by Gasteiger charge is 2.17. The highest BCUT2D eigenvalue weighted by atomic mass is 16.6. The number of nitrogens with one attached hydrogen (secondary N) is 1. The van der Waals surface area contributed by atoms with Crippen molar-refractivity contribution < 1.29 is 14.5 Å². The molecular weight excluding hydrogens is 250 g/mol. The molecule has 1 aromatic carbocycles. The van der Waals surface area contributed by atoms with Crippen LogP contribution in [0, 0.1) is 10.1 Å². The van der Waals surface area contributed by atoms with Crippen LogP contribution in [0.15, 0.2) is 18.2 Å². The van der Waals surface area contributed by atoms with Crippen LogP contribution in [0.1, 0.15) is 19.8 Å². The van der Waals surface area contributed by atoms with Crippen molar-refractivity contribution >= 4 is 23.0 Å². The summed E-state index contributed by atoms with van der Waals surface area (Å²) in [5.74, 6) is -0.272. The number of benzene rings is 1. The molecule has 0 spiro atoms. The lowest BCUT2D eigenvalue weighted by molar-refractivity contribution is -0.383. The number of nitrogens with zero attached hydrogens (tertiary/aromatic N) is 1. The highest BCUT2D eigenvalue weighted by Crippen LogP contribution is 2.30. The quantitative estimate of drug-likeness (QED) is 0.257. The average Bonchev–Trinajstić information content (AvgIpc) is 2.34. The molecule has 0 fully saturated rings. The van der Waals surface area contributed by atoms with Crippen molar-refractivity contribution in [2.45, 2.75) is 19.8 Å². The second kappa shape index (κ2) is 7.20. The van der Waals surface area contributed by atoms with E-state index in [0.717, 1.165) is 0 Å². The van der Waals surface area contributed by atoms with Gasteiger partial charge >= 0.3 is 11.7 Å². The summed E-state index contributed by atoms with van der Waals surface area (Å²) >= 11 is 0. The maximum atomic E-state index is 11.1. The molecule has 0 aliphatic carbocycles. The molecule has 7 nitrogen and oxygen atoms in total. The molecule has 0 atom stereocenters. The van der Waals surface area contributed by atoms with Crippen LogP contribution in [0.4, 0.5) is 17.1 Å². The fourth-order valence-corrected chi connectivity index (χ4v) is 1.60. The van der Waals surface area contributed by atoms with Crippen LogP contribution in [0.25, 0.3) is 0 Å². The summed E-state index contributed by atoms with van der Waals surface area (Å²) in [6, 6.07) is 4.69. The molecular formula is C12H17N3O4. The molecule has 0 saturated carbocycles. The van der Waals surface area contributed by atoms with Gasteiger partial charge in [-0.15, -0.1) is 0 Å². The van der Waals surface area contributed by atoms with E-state index in [-0.39, 0.29) is 23.8 Å². The molecule has 0 radical (unpaired) electrons. The Morgan fingerprint density at radius 2 is 2.26 bits per heavy atom. The third-order valence-corrected chi connectivity index (χ3v) is 2.43. The SMILES string of the molecule is CCOC(=O)CCCNc1cccc(N)c1[N+](=O)[O-]. The zero-order valence-electron chi connectivity index (χ0n) is 10.7. The molecule has 3 N–H and O–H groups in total. The molecule has 0 aromatic heterocycles. The maximum absolute atomic E-state index is 11.1. The number of rotatable bonds is 7. The number of carbonyl (C=O) groups excluding carboxylic acids is 1. The Morgan fingerprint density at radius 1 is 1.53 bits per heavy atom. The predicted octanol–water partition coefficient (Wildman–Crippen LogP) is 1.93. The van der Waals surface area contributed by atoms with E-state index in [1.807, 2.05) is 0 Å². The first-order valence-electron chi connectivity index (χ1n) is 5.98. The summed E-state index contributed by atoms with van der Waals surface area (Å²) in [6.07, 6.45) is 0.807. The largest absolute Gasteiger partial charge is 0.466 e. The Hall–Kier alpha value is -2.31. The smallest absolute Gasteiger partial charge is 0.314 e. The average molecular weight is 267 g/mol. The molecule has 19 heavy (non-hydrogen) atoms. The minimum atomic E-state index is -0.525. The fourth-order valence-electron chi connectivity index (χ4n) is 1.60. The van der Waals surface area contributed by atoms with Gasteiger partial charge in [-0.3, -0.25) is 14.9 Å². The Labute approximate surface area is 110 Å². The molecule has 0 heterocycles. The van der Waals surface area contributed by atoms with Crippen molar-refractivity contribution in [3.8, 4) is 0 Å². The summed E-state index contributed by atoms with van der Waals surface area (Å²) in [5.41, 5.74) is 5.89. The minimum absolute atomic E-state index is 0.111. The predicted molar refractivity (Wildman–Crippen MR) is 71.9 cm³/mol. The fraction of sp³-hybridized carbons (Fsp3) is 0.417. The number of ether oxygens (including phenoxy) is 1. The topological polar surface area (TPSA) is 107 Å². The van der Waals surface area contributed by atoms with E-state index in [2.05, 4.69) is 5.32 Å². The number of anilines is 2. The molecule has 0 bridgehead atoms. The van der Waals surface area contributed by atoms with E-state index < -0.39 is 4.92 Å². The lowest BCUT2D eigenvalue weighted by atomic mass is 10.2. The van der Waals surface area contributed by atoms with E-state index in [1.54, 1.807) is 19.1 Å². The monoisotopic (exact) mass is 267 g/mol. The summed E-state index contributed by atoms with van der Waals surface area (Å²) in [6.45, 7) is 2.53. The molecule has 0 saturated heterocycles. The van der Waals surface area contributed by atoms with Gasteiger partial charge in [-0.2, -0.15) is 0 Å². The van der Waals surface area contributed by atoms with Gasteiger partial charge in [0.2, 0.25) is 0 Å². The lowest BCUT2D eigenvalue weighted by Crippen LogP contribution is -2.09. The van der Waals surface area contributed by atoms with Crippen LogP contribution in [0.2, 0.25) is 0 Å². The number of carbonyl (C=O) groups is 1. The number of esters is 1. The highest BCUT2D eigenvalue weighted by molar-refractivity contribution is 5.74. The van der Waals surface area contributed by atoms with Gasteiger partial charge in [0.05, 0.1) is 11.5 Å². The van der Waals surface area contributed by atoms with Crippen molar-refractivity contribution in [3.63, 3.8) is 0 Å². The normalized spacial score (nSPS) is 9.95. The summed E-state index contributed by atoms with van der Waals surface area (Å²) in [4.78, 5) is 21.5. The lowest BCUT2D eigenvalue weighted by Gasteiger charge is -2.08. The molecule has 0 aliphatic heterocycles. The Morgan fingerprint density at radius 3 is 2.89 bits per heavy atom. The van der Waals surface area contributed by atoms with Gasteiger partial charge in [0.15, 0.2) is 0 Å². The van der Waals surface area contributed by atoms with Crippen LogP contribution in [0.5, 0.6) is 0 Å². The number of para-hydroxylation sites is 1. The van der Waals surface area contributed by atoms with Crippen LogP contribution < -0.4 is 11.1 Å². The second-order valence-corrected chi connectivity index (χ2v) is 3.84. The number of nitro benzene ring substituents is 1. The number of nitrogen functional groups attached to an aromatic ring is 1. The van der Waals surface area contributed by atoms with E-state index in [4.69, 9.17) is 10.5 Å². The van der Waals surface area contributed by atoms with E-state index in [1.165, 1.54) is 6.07 Å². The van der Waals surface area contributed by atoms with Crippen molar-refractivity contribution in [2.24, 2.45) is 0 Å². The molecule has 0 unspecified atom stereocenters. The first kappa shape index (κ1) is 14.7. The van der Waals surface area contributed by atoms with Crippen LogP contribution >= 0.6 is 0 Å². The first-order chi connectivity index (χ1) is 9.06. The standard InChI is InChI=1S/C12H17N3O4/c1-2-19-11(16)7-4-8-14-10-6-3-5-9(13)12(10)15(17)18/h3,5-6,14H,2,4,7-8,13H2,1H3. The number of hydrogen-bond donors (Lipinski definition) is 2. The Bertz CT molecular complexity index is 462. The summed E-state index contributed by atoms with van der Waals surface area (Å²) in [7, 11) is 0. The van der Waals surface area contributed by atoms with Crippen molar-refractivity contribution in [2.75, 3.05) is 24.2 Å². The number of hydrogen-bond acceptors (Lipinski definition) is 6. The third kappa shape index (κ3) is 4.46. The van der Waals surface area contributed by atoms with Gasteiger partial charge in [0, 0.05) is 13.0 Å². The Kier molecular flexibility index (Phi) is 5.59. The second-order valence-electron chi connectivity index (χ2n) is 3.84. The Balaban J connectivity index is 2.52. The number of nitrogens with two attached hydrogens (primary N) is 1. The van der Waals surface area contributed by atoms with Gasteiger partial charge in [-0.05, 0) is 25.5 Å². The zero-order chi connectivity index (χ0) is 14.3. The van der Waals surface area contributed by atoms with Gasteiger partial charge in [-0.1, -0.05) is 6.07 Å². The van der Waals surface area contributed by atoms with Crippen LogP contribution in [-0.4, -0.2) is 24.0 Å². The van der Waals surface area contributed by atoms with Crippen LogP contribution in [0.3, 0.4) is 0 Å². The summed E-state index contributed by atoms with van der Waals surface area (Å²) < 4.78 is 4.78. The van der Waals surface area contributed by atoms with Crippen molar-refractivity contribution in [3.05, 3.63) is 28.3 Å². The van der Waals surface area contributed by atoms with E-state index >= 15 is 0 Å². The molecule has 1 aromatic rings. The minimum Gasteiger partial charge on any atom is -0.466 e. The molecule has 0 amide bonds. The zero-order valence-corrected chi connectivity index (χ0v) is 10.7. The molecule has 0 aliphatic rings. The van der Waals surface area contributed by atoms with Gasteiger partial charge < -0.3 is 15.8 Å². The maximum Gasteiger partial charge on any atom is 0.314 e. The van der Waals surface area contributed by atoms with E-state index in [9.17, 15) is 14.9 Å². The third-order valence-electron chi connectivity index (χ3n) is 2.43. The van der Waals surface area contributed by atoms with Gasteiger partial charge in [0.25, 0.3) is 0 Å².